The van der Waals surface area contributed by atoms with Gasteiger partial charge in [-0.2, -0.15) is 0 Å². The third-order valence-corrected chi connectivity index (χ3v) is 9.74. The second-order valence-corrected chi connectivity index (χ2v) is 13.4. The van der Waals surface area contributed by atoms with Crippen LogP contribution in [0.5, 0.6) is 0 Å². The first-order valence-corrected chi connectivity index (χ1v) is 18.4. The van der Waals surface area contributed by atoms with Crippen molar-refractivity contribution < 1.29 is 28.4 Å². The fraction of sp³-hybridized carbons (Fsp3) is 0.304. The smallest absolute Gasteiger partial charge is 0.218 e. The molecule has 2 aliphatic heterocycles. The molecule has 52 heavy (non-hydrogen) atoms. The zero-order chi connectivity index (χ0) is 35.4. The summed E-state index contributed by atoms with van der Waals surface area (Å²) in [4.78, 5) is 0. The standard InChI is InChI=1S/C46H48O6/c1-2-35-24-15-25-40(28-35)41-26-27-51-46(29-41)45(50-33-39-22-13-6-14-23-39)44(49-32-38-20-11-5-12-21-38)43(48-31-37-18-9-4-10-19-37)42(52-46)34-47-30-36-16-7-3-8-17-36/h3-25,28-29,42-45H,2,26-27,30-34H2,1H3/t42-,43-,44+,45-,46+/m1/s1. The van der Waals surface area contributed by atoms with Gasteiger partial charge in [0.05, 0.1) is 39.6 Å². The molecule has 1 fully saturated rings. The second kappa shape index (κ2) is 17.9. The highest BCUT2D eigenvalue weighted by Gasteiger charge is 2.58. The average molecular weight is 697 g/mol. The maximum absolute atomic E-state index is 7.19. The first-order valence-electron chi connectivity index (χ1n) is 18.4. The molecule has 0 aliphatic carbocycles. The number of benzene rings is 5. The summed E-state index contributed by atoms with van der Waals surface area (Å²) in [5.41, 5.74) is 7.85. The summed E-state index contributed by atoms with van der Waals surface area (Å²) in [7, 11) is 0. The molecule has 5 aromatic carbocycles. The normalized spacial score (nSPS) is 23.0. The Bertz CT molecular complexity index is 1830. The lowest BCUT2D eigenvalue weighted by Gasteiger charge is -2.52. The SMILES string of the molecule is CCc1cccc(C2=C[C@]3(OCC2)O[C@H](COCc2ccccc2)[C@@H](OCc2ccccc2)[C@H](OCc2ccccc2)[C@H]3OCc2ccccc2)c1. The molecule has 0 saturated carbocycles. The molecular formula is C46H48O6. The molecule has 0 unspecified atom stereocenters. The zero-order valence-electron chi connectivity index (χ0n) is 29.8. The van der Waals surface area contributed by atoms with E-state index in [1.54, 1.807) is 0 Å². The number of rotatable bonds is 15. The molecule has 2 aliphatic rings. The maximum atomic E-state index is 7.19. The Morgan fingerprint density at radius 1 is 0.577 bits per heavy atom. The van der Waals surface area contributed by atoms with Gasteiger partial charge in [0.25, 0.3) is 0 Å². The summed E-state index contributed by atoms with van der Waals surface area (Å²) in [5, 5.41) is 0. The van der Waals surface area contributed by atoms with Gasteiger partial charge in [-0.1, -0.05) is 153 Å². The Morgan fingerprint density at radius 2 is 1.10 bits per heavy atom. The molecule has 0 radical (unpaired) electrons. The number of ether oxygens (including phenoxy) is 6. The summed E-state index contributed by atoms with van der Waals surface area (Å²) < 4.78 is 41.2. The van der Waals surface area contributed by atoms with E-state index >= 15 is 0 Å². The summed E-state index contributed by atoms with van der Waals surface area (Å²) in [5.74, 6) is -1.26. The molecular weight excluding hydrogens is 649 g/mol. The Morgan fingerprint density at radius 3 is 1.67 bits per heavy atom. The zero-order valence-corrected chi connectivity index (χ0v) is 29.8. The number of hydrogen-bond acceptors (Lipinski definition) is 6. The monoisotopic (exact) mass is 696 g/mol. The van der Waals surface area contributed by atoms with Gasteiger partial charge in [0.1, 0.15) is 24.4 Å². The highest BCUT2D eigenvalue weighted by Crippen LogP contribution is 2.43. The van der Waals surface area contributed by atoms with E-state index in [9.17, 15) is 0 Å². The summed E-state index contributed by atoms with van der Waals surface area (Å²) in [6.07, 6.45) is 1.51. The van der Waals surface area contributed by atoms with Crippen molar-refractivity contribution in [1.82, 2.24) is 0 Å². The third kappa shape index (κ3) is 9.14. The van der Waals surface area contributed by atoms with E-state index in [0.29, 0.717) is 33.0 Å². The van der Waals surface area contributed by atoms with Gasteiger partial charge < -0.3 is 28.4 Å². The van der Waals surface area contributed by atoms with Crippen LogP contribution < -0.4 is 0 Å². The highest BCUT2D eigenvalue weighted by atomic mass is 16.7. The number of hydrogen-bond donors (Lipinski definition) is 0. The van der Waals surface area contributed by atoms with Gasteiger partial charge in [-0.15, -0.1) is 0 Å². The van der Waals surface area contributed by atoms with Crippen molar-refractivity contribution in [1.29, 1.82) is 0 Å². The topological polar surface area (TPSA) is 55.4 Å². The van der Waals surface area contributed by atoms with Crippen LogP contribution in [0.3, 0.4) is 0 Å². The fourth-order valence-corrected chi connectivity index (χ4v) is 7.00. The molecule has 1 spiro atoms. The van der Waals surface area contributed by atoms with Gasteiger partial charge in [0, 0.05) is 0 Å². The van der Waals surface area contributed by atoms with Gasteiger partial charge in [0.15, 0.2) is 0 Å². The molecule has 7 rings (SSSR count). The van der Waals surface area contributed by atoms with E-state index in [2.05, 4.69) is 85.8 Å². The Kier molecular flexibility index (Phi) is 12.4. The van der Waals surface area contributed by atoms with Gasteiger partial charge >= 0.3 is 0 Å². The van der Waals surface area contributed by atoms with Crippen LogP contribution in [-0.4, -0.2) is 43.4 Å². The van der Waals surface area contributed by atoms with Gasteiger partial charge in [-0.05, 0) is 57.9 Å². The molecule has 6 nitrogen and oxygen atoms in total. The van der Waals surface area contributed by atoms with Crippen LogP contribution in [0, 0.1) is 0 Å². The van der Waals surface area contributed by atoms with Crippen LogP contribution in [0.2, 0.25) is 0 Å². The average Bonchev–Trinajstić information content (AvgIpc) is 3.21. The minimum Gasteiger partial charge on any atom is -0.374 e. The second-order valence-electron chi connectivity index (χ2n) is 13.4. The van der Waals surface area contributed by atoms with Gasteiger partial charge in [0.2, 0.25) is 5.79 Å². The Hall–Kier alpha value is -4.40. The van der Waals surface area contributed by atoms with E-state index < -0.39 is 30.2 Å². The minimum absolute atomic E-state index is 0.268. The Labute approximate surface area is 307 Å². The molecule has 2 heterocycles. The maximum Gasteiger partial charge on any atom is 0.218 e. The van der Waals surface area contributed by atoms with E-state index in [-0.39, 0.29) is 6.61 Å². The van der Waals surface area contributed by atoms with Crippen LogP contribution in [0.15, 0.2) is 152 Å². The first kappa shape index (κ1) is 36.0. The van der Waals surface area contributed by atoms with Crippen LogP contribution in [-0.2, 0) is 61.3 Å². The van der Waals surface area contributed by atoms with E-state index in [4.69, 9.17) is 28.4 Å². The van der Waals surface area contributed by atoms with Crippen molar-refractivity contribution in [3.05, 3.63) is 185 Å². The van der Waals surface area contributed by atoms with Crippen molar-refractivity contribution in [2.45, 2.75) is 76.4 Å². The third-order valence-electron chi connectivity index (χ3n) is 9.74. The molecule has 6 heteroatoms. The Balaban J connectivity index is 1.29. The fourth-order valence-electron chi connectivity index (χ4n) is 7.00. The predicted molar refractivity (Wildman–Crippen MR) is 203 cm³/mol. The van der Waals surface area contributed by atoms with E-state index in [1.165, 1.54) is 5.56 Å². The van der Waals surface area contributed by atoms with Crippen molar-refractivity contribution in [2.24, 2.45) is 0 Å². The lowest BCUT2D eigenvalue weighted by atomic mass is 9.87. The lowest BCUT2D eigenvalue weighted by molar-refractivity contribution is -0.365. The molecule has 0 amide bonds. The molecule has 268 valence electrons. The summed E-state index contributed by atoms with van der Waals surface area (Å²) in [6.45, 7) is 4.44. The van der Waals surface area contributed by atoms with Crippen molar-refractivity contribution in [3.63, 3.8) is 0 Å². The molecule has 0 aromatic heterocycles. The lowest BCUT2D eigenvalue weighted by Crippen LogP contribution is -2.68. The van der Waals surface area contributed by atoms with Gasteiger partial charge in [-0.25, -0.2) is 0 Å². The summed E-state index contributed by atoms with van der Waals surface area (Å²) in [6, 6.07) is 49.5. The van der Waals surface area contributed by atoms with Crippen LogP contribution in [0.25, 0.3) is 5.57 Å². The molecule has 5 aromatic rings. The van der Waals surface area contributed by atoms with Crippen molar-refractivity contribution in [3.8, 4) is 0 Å². The van der Waals surface area contributed by atoms with E-state index in [1.807, 2.05) is 72.8 Å². The van der Waals surface area contributed by atoms with Crippen LogP contribution in [0.1, 0.15) is 46.7 Å². The minimum atomic E-state index is -1.26. The van der Waals surface area contributed by atoms with Crippen molar-refractivity contribution in [2.75, 3.05) is 13.2 Å². The number of aryl methyl sites for hydroxylation is 1. The van der Waals surface area contributed by atoms with Gasteiger partial charge in [-0.3, -0.25) is 0 Å². The molecule has 0 N–H and O–H groups in total. The summed E-state index contributed by atoms with van der Waals surface area (Å²) >= 11 is 0. The molecule has 1 saturated heterocycles. The predicted octanol–water partition coefficient (Wildman–Crippen LogP) is 9.12. The quantitative estimate of drug-likeness (QED) is 0.109. The van der Waals surface area contributed by atoms with E-state index in [0.717, 1.165) is 46.2 Å². The first-order chi connectivity index (χ1) is 25.7. The molecule has 5 atom stereocenters. The van der Waals surface area contributed by atoms with Crippen molar-refractivity contribution >= 4 is 5.57 Å². The molecule has 0 bridgehead atoms. The van der Waals surface area contributed by atoms with Crippen LogP contribution >= 0.6 is 0 Å². The highest BCUT2D eigenvalue weighted by molar-refractivity contribution is 5.68. The van der Waals surface area contributed by atoms with Crippen LogP contribution in [0.4, 0.5) is 0 Å². The largest absolute Gasteiger partial charge is 0.374 e.